The standard InChI is InChI=1S/C25H32O4/c1-5-6-16-25(2,18-20-9-13-22(14-10-20)24(27)29-4)17-15-19-7-11-21(12-8-19)23(26)28-3/h7-14H,5-6,15-18H2,1-4H3. The lowest BCUT2D eigenvalue weighted by Gasteiger charge is -2.30. The van der Waals surface area contributed by atoms with Gasteiger partial charge < -0.3 is 9.47 Å². The topological polar surface area (TPSA) is 52.6 Å². The zero-order chi connectivity index (χ0) is 21.3. The highest BCUT2D eigenvalue weighted by Gasteiger charge is 2.24. The molecule has 0 aromatic heterocycles. The fourth-order valence-corrected chi connectivity index (χ4v) is 3.65. The molecule has 156 valence electrons. The number of methoxy groups -OCH3 is 2. The van der Waals surface area contributed by atoms with Gasteiger partial charge >= 0.3 is 11.9 Å². The zero-order valence-electron chi connectivity index (χ0n) is 18.0. The lowest BCUT2D eigenvalue weighted by molar-refractivity contribution is 0.0592. The Morgan fingerprint density at radius 1 is 0.793 bits per heavy atom. The van der Waals surface area contributed by atoms with Gasteiger partial charge in [0, 0.05) is 0 Å². The molecule has 0 fully saturated rings. The minimum absolute atomic E-state index is 0.170. The van der Waals surface area contributed by atoms with Gasteiger partial charge in [-0.3, -0.25) is 0 Å². The van der Waals surface area contributed by atoms with Crippen molar-refractivity contribution in [3.63, 3.8) is 0 Å². The summed E-state index contributed by atoms with van der Waals surface area (Å²) >= 11 is 0. The van der Waals surface area contributed by atoms with Crippen molar-refractivity contribution in [2.45, 2.75) is 52.4 Å². The number of esters is 2. The van der Waals surface area contributed by atoms with E-state index in [0.29, 0.717) is 11.1 Å². The lowest BCUT2D eigenvalue weighted by Crippen LogP contribution is -2.21. The van der Waals surface area contributed by atoms with Gasteiger partial charge in [-0.2, -0.15) is 0 Å². The molecule has 0 heterocycles. The minimum atomic E-state index is -0.306. The zero-order valence-corrected chi connectivity index (χ0v) is 18.0. The number of aryl methyl sites for hydroxylation is 1. The Morgan fingerprint density at radius 2 is 1.28 bits per heavy atom. The Labute approximate surface area is 174 Å². The van der Waals surface area contributed by atoms with Crippen molar-refractivity contribution in [2.75, 3.05) is 14.2 Å². The van der Waals surface area contributed by atoms with E-state index in [2.05, 4.69) is 13.8 Å². The van der Waals surface area contributed by atoms with Gasteiger partial charge in [0.05, 0.1) is 25.3 Å². The summed E-state index contributed by atoms with van der Waals surface area (Å²) in [6, 6.07) is 15.4. The van der Waals surface area contributed by atoms with Gasteiger partial charge in [0.1, 0.15) is 0 Å². The molecule has 0 aliphatic carbocycles. The normalized spacial score (nSPS) is 12.8. The highest BCUT2D eigenvalue weighted by molar-refractivity contribution is 5.89. The first-order valence-electron chi connectivity index (χ1n) is 10.3. The third-order valence-electron chi connectivity index (χ3n) is 5.53. The second-order valence-electron chi connectivity index (χ2n) is 7.97. The number of benzene rings is 2. The monoisotopic (exact) mass is 396 g/mol. The molecule has 0 saturated carbocycles. The third kappa shape index (κ3) is 6.74. The summed E-state index contributed by atoms with van der Waals surface area (Å²) in [6.45, 7) is 4.57. The van der Waals surface area contributed by atoms with Gasteiger partial charge in [0.15, 0.2) is 0 Å². The Kier molecular flexibility index (Phi) is 8.44. The number of hydrogen-bond acceptors (Lipinski definition) is 4. The summed E-state index contributed by atoms with van der Waals surface area (Å²) in [5, 5.41) is 0. The lowest BCUT2D eigenvalue weighted by atomic mass is 9.75. The Bertz CT molecular complexity index is 793. The highest BCUT2D eigenvalue weighted by Crippen LogP contribution is 2.34. The predicted octanol–water partition coefficient (Wildman–Crippen LogP) is 5.63. The van der Waals surface area contributed by atoms with Gasteiger partial charge in [-0.15, -0.1) is 0 Å². The first-order chi connectivity index (χ1) is 13.9. The maximum Gasteiger partial charge on any atom is 0.337 e. The van der Waals surface area contributed by atoms with Crippen molar-refractivity contribution in [1.82, 2.24) is 0 Å². The van der Waals surface area contributed by atoms with Crippen LogP contribution in [0.25, 0.3) is 0 Å². The van der Waals surface area contributed by atoms with E-state index in [1.54, 1.807) is 0 Å². The quantitative estimate of drug-likeness (QED) is 0.488. The van der Waals surface area contributed by atoms with Crippen LogP contribution in [0.5, 0.6) is 0 Å². The van der Waals surface area contributed by atoms with Gasteiger partial charge in [0.2, 0.25) is 0 Å². The van der Waals surface area contributed by atoms with Crippen LogP contribution < -0.4 is 0 Å². The second-order valence-corrected chi connectivity index (χ2v) is 7.97. The van der Waals surface area contributed by atoms with Gasteiger partial charge in [-0.05, 0) is 66.5 Å². The smallest absolute Gasteiger partial charge is 0.337 e. The molecule has 0 radical (unpaired) electrons. The van der Waals surface area contributed by atoms with E-state index in [9.17, 15) is 9.59 Å². The molecule has 0 aliphatic heterocycles. The highest BCUT2D eigenvalue weighted by atomic mass is 16.5. The second kappa shape index (κ2) is 10.8. The van der Waals surface area contributed by atoms with E-state index in [1.807, 2.05) is 48.5 Å². The van der Waals surface area contributed by atoms with Crippen molar-refractivity contribution in [1.29, 1.82) is 0 Å². The van der Waals surface area contributed by atoms with Gasteiger partial charge in [0.25, 0.3) is 0 Å². The van der Waals surface area contributed by atoms with Crippen LogP contribution in [0.15, 0.2) is 48.5 Å². The van der Waals surface area contributed by atoms with E-state index < -0.39 is 0 Å². The first kappa shape index (κ1) is 22.7. The number of hydrogen-bond donors (Lipinski definition) is 0. The number of ether oxygens (including phenoxy) is 2. The van der Waals surface area contributed by atoms with Crippen LogP contribution in [0.1, 0.15) is 71.4 Å². The summed E-state index contributed by atoms with van der Waals surface area (Å²) < 4.78 is 9.54. The van der Waals surface area contributed by atoms with Crippen LogP contribution in [0, 0.1) is 5.41 Å². The fourth-order valence-electron chi connectivity index (χ4n) is 3.65. The Balaban J connectivity index is 2.06. The largest absolute Gasteiger partial charge is 0.465 e. The molecule has 0 spiro atoms. The van der Waals surface area contributed by atoms with Gasteiger partial charge in [-0.1, -0.05) is 51.0 Å². The number of unbranched alkanes of at least 4 members (excludes halogenated alkanes) is 1. The molecule has 0 N–H and O–H groups in total. The fraction of sp³-hybridized carbons (Fsp3) is 0.440. The molecule has 0 aliphatic rings. The van der Waals surface area contributed by atoms with E-state index in [1.165, 1.54) is 38.2 Å². The van der Waals surface area contributed by atoms with Crippen molar-refractivity contribution in [3.8, 4) is 0 Å². The molecule has 2 rings (SSSR count). The summed E-state index contributed by atoms with van der Waals surface area (Å²) in [6.07, 6.45) is 6.51. The molecular weight excluding hydrogens is 364 g/mol. The van der Waals surface area contributed by atoms with E-state index in [4.69, 9.17) is 9.47 Å². The molecule has 0 saturated heterocycles. The summed E-state index contributed by atoms with van der Waals surface area (Å²) in [5.74, 6) is -0.611. The molecule has 0 bridgehead atoms. The van der Waals surface area contributed by atoms with Crippen molar-refractivity contribution in [3.05, 3.63) is 70.8 Å². The first-order valence-corrected chi connectivity index (χ1v) is 10.3. The van der Waals surface area contributed by atoms with E-state index in [-0.39, 0.29) is 17.4 Å². The molecule has 2 aromatic rings. The summed E-state index contributed by atoms with van der Waals surface area (Å²) in [5.41, 5.74) is 3.79. The predicted molar refractivity (Wildman–Crippen MR) is 115 cm³/mol. The minimum Gasteiger partial charge on any atom is -0.465 e. The van der Waals surface area contributed by atoms with Gasteiger partial charge in [-0.25, -0.2) is 9.59 Å². The molecule has 4 heteroatoms. The molecule has 2 aromatic carbocycles. The van der Waals surface area contributed by atoms with Crippen molar-refractivity contribution >= 4 is 11.9 Å². The molecule has 0 amide bonds. The van der Waals surface area contributed by atoms with Crippen LogP contribution in [0.3, 0.4) is 0 Å². The van der Waals surface area contributed by atoms with Crippen LogP contribution in [0.2, 0.25) is 0 Å². The average Bonchev–Trinajstić information content (AvgIpc) is 2.76. The van der Waals surface area contributed by atoms with Crippen molar-refractivity contribution in [2.24, 2.45) is 5.41 Å². The Morgan fingerprint density at radius 3 is 1.72 bits per heavy atom. The van der Waals surface area contributed by atoms with E-state index in [0.717, 1.165) is 25.7 Å². The maximum atomic E-state index is 11.6. The summed E-state index contributed by atoms with van der Waals surface area (Å²) in [7, 11) is 2.79. The van der Waals surface area contributed by atoms with Crippen LogP contribution in [-0.2, 0) is 22.3 Å². The van der Waals surface area contributed by atoms with E-state index >= 15 is 0 Å². The number of rotatable bonds is 10. The molecule has 29 heavy (non-hydrogen) atoms. The van der Waals surface area contributed by atoms with Crippen LogP contribution >= 0.6 is 0 Å². The Hall–Kier alpha value is -2.62. The van der Waals surface area contributed by atoms with Crippen molar-refractivity contribution < 1.29 is 19.1 Å². The van der Waals surface area contributed by atoms with Crippen LogP contribution in [-0.4, -0.2) is 26.2 Å². The third-order valence-corrected chi connectivity index (χ3v) is 5.53. The average molecular weight is 397 g/mol. The molecular formula is C25H32O4. The molecule has 4 nitrogen and oxygen atoms in total. The number of carbonyl (C=O) groups is 2. The molecule has 1 unspecified atom stereocenters. The maximum absolute atomic E-state index is 11.6. The summed E-state index contributed by atoms with van der Waals surface area (Å²) in [4.78, 5) is 23.2. The SMILES string of the molecule is CCCCC(C)(CCc1ccc(C(=O)OC)cc1)Cc1ccc(C(=O)OC)cc1. The number of carbonyl (C=O) groups excluding carboxylic acids is 2. The van der Waals surface area contributed by atoms with Crippen LogP contribution in [0.4, 0.5) is 0 Å². The molecule has 1 atom stereocenters.